The Kier molecular flexibility index (Phi) is 5.67. The van der Waals surface area contributed by atoms with Gasteiger partial charge in [-0.05, 0) is 37.3 Å². The molecule has 0 aliphatic rings. The molecule has 1 heterocycles. The molecule has 0 spiro atoms. The number of carbonyl (C=O) groups excluding carboxylic acids is 1. The van der Waals surface area contributed by atoms with E-state index in [4.69, 9.17) is 10.7 Å². The van der Waals surface area contributed by atoms with Crippen LogP contribution in [0, 0.1) is 6.92 Å². The Bertz CT molecular complexity index is 1200. The van der Waals surface area contributed by atoms with Crippen molar-refractivity contribution in [2.75, 3.05) is 5.73 Å². The molecule has 3 N–H and O–H groups in total. The largest absolute Gasteiger partial charge is 0.399 e. The van der Waals surface area contributed by atoms with Gasteiger partial charge in [0.25, 0.3) is 15.9 Å². The second kappa shape index (κ2) is 7.91. The minimum absolute atomic E-state index is 0.0768. The van der Waals surface area contributed by atoms with Crippen LogP contribution in [0.2, 0.25) is 0 Å². The van der Waals surface area contributed by atoms with E-state index >= 15 is 0 Å². The van der Waals surface area contributed by atoms with E-state index in [-0.39, 0.29) is 15.9 Å². The molecule has 0 unspecified atom stereocenters. The molecule has 1 aromatic heterocycles. The number of nitrogen functional groups attached to an aromatic ring is 1. The maximum atomic E-state index is 13.0. The van der Waals surface area contributed by atoms with E-state index in [1.165, 1.54) is 18.2 Å². The zero-order valence-corrected chi connectivity index (χ0v) is 18.2. The van der Waals surface area contributed by atoms with Gasteiger partial charge in [-0.15, -0.1) is 0 Å². The van der Waals surface area contributed by atoms with Crippen molar-refractivity contribution in [3.05, 3.63) is 77.5 Å². The molecule has 0 aliphatic carbocycles. The summed E-state index contributed by atoms with van der Waals surface area (Å²) in [7, 11) is -4.08. The number of aryl methyl sites for hydroxylation is 1. The van der Waals surface area contributed by atoms with E-state index in [9.17, 15) is 13.2 Å². The lowest BCUT2D eigenvalue weighted by molar-refractivity contribution is 0.0981. The smallest absolute Gasteiger partial charge is 0.267 e. The van der Waals surface area contributed by atoms with Crippen molar-refractivity contribution in [2.45, 2.75) is 38.0 Å². The molecule has 1 amide bonds. The van der Waals surface area contributed by atoms with Crippen molar-refractivity contribution < 1.29 is 13.2 Å². The average molecular weight is 424 g/mol. The first-order valence-electron chi connectivity index (χ1n) is 9.49. The van der Waals surface area contributed by atoms with E-state index < -0.39 is 15.9 Å². The number of sulfonamides is 1. The highest BCUT2D eigenvalue weighted by Gasteiger charge is 2.24. The number of pyridine rings is 1. The van der Waals surface area contributed by atoms with Gasteiger partial charge in [0.05, 0.1) is 16.2 Å². The van der Waals surface area contributed by atoms with Crippen LogP contribution in [-0.2, 0) is 15.4 Å². The molecule has 0 aliphatic heterocycles. The Balaban J connectivity index is 2.06. The Labute approximate surface area is 177 Å². The Morgan fingerprint density at radius 1 is 1.00 bits per heavy atom. The van der Waals surface area contributed by atoms with Crippen LogP contribution in [0.3, 0.4) is 0 Å². The van der Waals surface area contributed by atoms with Crippen molar-refractivity contribution in [1.82, 2.24) is 9.71 Å². The molecule has 30 heavy (non-hydrogen) atoms. The summed E-state index contributed by atoms with van der Waals surface area (Å²) in [5.74, 6) is -0.749. The lowest BCUT2D eigenvalue weighted by Crippen LogP contribution is -2.31. The monoisotopic (exact) mass is 423 g/mol. The minimum atomic E-state index is -4.08. The fourth-order valence-electron chi connectivity index (χ4n) is 2.91. The third-order valence-electron chi connectivity index (χ3n) is 4.63. The van der Waals surface area contributed by atoms with Crippen molar-refractivity contribution in [3.63, 3.8) is 0 Å². The van der Waals surface area contributed by atoms with Crippen molar-refractivity contribution in [3.8, 4) is 11.3 Å². The van der Waals surface area contributed by atoms with Crippen LogP contribution in [0.25, 0.3) is 11.3 Å². The van der Waals surface area contributed by atoms with Gasteiger partial charge in [-0.3, -0.25) is 9.78 Å². The van der Waals surface area contributed by atoms with E-state index in [0.29, 0.717) is 11.4 Å². The summed E-state index contributed by atoms with van der Waals surface area (Å²) in [4.78, 5) is 17.6. The quantitative estimate of drug-likeness (QED) is 0.616. The van der Waals surface area contributed by atoms with Crippen LogP contribution < -0.4 is 10.5 Å². The highest BCUT2D eigenvalue weighted by molar-refractivity contribution is 7.90. The highest BCUT2D eigenvalue weighted by Crippen LogP contribution is 2.28. The normalized spacial score (nSPS) is 11.9. The molecule has 3 aromatic rings. The SMILES string of the molecule is Cc1ccc(-c2nc(C(C)(C)C)ccc2C(=O)NS(=O)(=O)c2cccc(N)c2)cc1. The number of nitrogens with one attached hydrogen (secondary N) is 1. The van der Waals surface area contributed by atoms with Crippen LogP contribution in [0.1, 0.15) is 42.4 Å². The molecule has 0 radical (unpaired) electrons. The van der Waals surface area contributed by atoms with E-state index in [1.54, 1.807) is 18.2 Å². The van der Waals surface area contributed by atoms with Crippen molar-refractivity contribution in [1.29, 1.82) is 0 Å². The van der Waals surface area contributed by atoms with E-state index in [0.717, 1.165) is 16.8 Å². The van der Waals surface area contributed by atoms with E-state index in [1.807, 2.05) is 52.0 Å². The average Bonchev–Trinajstić information content (AvgIpc) is 2.67. The maximum Gasteiger partial charge on any atom is 0.267 e. The third kappa shape index (κ3) is 4.68. The van der Waals surface area contributed by atoms with Gasteiger partial charge >= 0.3 is 0 Å². The summed E-state index contributed by atoms with van der Waals surface area (Å²) in [5.41, 5.74) is 8.96. The first kappa shape index (κ1) is 21.5. The summed E-state index contributed by atoms with van der Waals surface area (Å²) in [6.45, 7) is 8.04. The molecule has 7 heteroatoms. The van der Waals surface area contributed by atoms with E-state index in [2.05, 4.69) is 4.72 Å². The highest BCUT2D eigenvalue weighted by atomic mass is 32.2. The number of nitrogens with zero attached hydrogens (tertiary/aromatic N) is 1. The van der Waals surface area contributed by atoms with Crippen molar-refractivity contribution >= 4 is 21.6 Å². The van der Waals surface area contributed by atoms with Crippen LogP contribution in [-0.4, -0.2) is 19.3 Å². The topological polar surface area (TPSA) is 102 Å². The summed E-state index contributed by atoms with van der Waals surface area (Å²) >= 11 is 0. The minimum Gasteiger partial charge on any atom is -0.399 e. The maximum absolute atomic E-state index is 13.0. The van der Waals surface area contributed by atoms with Crippen LogP contribution >= 0.6 is 0 Å². The molecule has 0 saturated heterocycles. The second-order valence-electron chi connectivity index (χ2n) is 8.22. The molecule has 156 valence electrons. The lowest BCUT2D eigenvalue weighted by atomic mass is 9.90. The van der Waals surface area contributed by atoms with Crippen molar-refractivity contribution in [2.24, 2.45) is 0 Å². The molecule has 0 atom stereocenters. The fourth-order valence-corrected chi connectivity index (χ4v) is 3.93. The fraction of sp³-hybridized carbons (Fsp3) is 0.217. The molecular weight excluding hydrogens is 398 g/mol. The summed E-state index contributed by atoms with van der Waals surface area (Å²) in [6, 6.07) is 16.7. The first-order valence-corrected chi connectivity index (χ1v) is 11.0. The zero-order chi connectivity index (χ0) is 22.1. The van der Waals surface area contributed by atoms with Gasteiger partial charge < -0.3 is 5.73 Å². The second-order valence-corrected chi connectivity index (χ2v) is 9.90. The lowest BCUT2D eigenvalue weighted by Gasteiger charge is -2.20. The number of hydrogen-bond donors (Lipinski definition) is 2. The molecule has 6 nitrogen and oxygen atoms in total. The molecule has 0 bridgehead atoms. The number of hydrogen-bond acceptors (Lipinski definition) is 5. The molecule has 0 saturated carbocycles. The molecule has 3 rings (SSSR count). The Morgan fingerprint density at radius 2 is 1.67 bits per heavy atom. The Morgan fingerprint density at radius 3 is 2.27 bits per heavy atom. The van der Waals surface area contributed by atoms with Gasteiger partial charge in [-0.25, -0.2) is 13.1 Å². The van der Waals surface area contributed by atoms with Crippen LogP contribution in [0.15, 0.2) is 65.6 Å². The van der Waals surface area contributed by atoms with Gasteiger partial charge in [0.15, 0.2) is 0 Å². The van der Waals surface area contributed by atoms with Crippen LogP contribution in [0.4, 0.5) is 5.69 Å². The molecule has 0 fully saturated rings. The van der Waals surface area contributed by atoms with Gasteiger partial charge in [0.1, 0.15) is 0 Å². The number of benzene rings is 2. The number of rotatable bonds is 4. The number of nitrogens with two attached hydrogens (primary N) is 1. The number of amides is 1. The third-order valence-corrected chi connectivity index (χ3v) is 5.96. The first-order chi connectivity index (χ1) is 14.0. The Hall–Kier alpha value is -3.19. The van der Waals surface area contributed by atoms with Gasteiger partial charge in [0, 0.05) is 22.4 Å². The molecular formula is C23H25N3O3S. The summed E-state index contributed by atoms with van der Waals surface area (Å²) < 4.78 is 27.5. The predicted octanol–water partition coefficient (Wildman–Crippen LogP) is 4.06. The predicted molar refractivity (Wildman–Crippen MR) is 119 cm³/mol. The standard InChI is InChI=1S/C23H25N3O3S/c1-15-8-10-16(11-9-15)21-19(12-13-20(25-21)23(2,3)4)22(27)26-30(28,29)18-7-5-6-17(24)14-18/h5-14H,24H2,1-4H3,(H,26,27). The summed E-state index contributed by atoms with van der Waals surface area (Å²) in [6.07, 6.45) is 0. The number of carbonyl (C=O) groups is 1. The zero-order valence-electron chi connectivity index (χ0n) is 17.4. The summed E-state index contributed by atoms with van der Waals surface area (Å²) in [5, 5.41) is 0. The van der Waals surface area contributed by atoms with Gasteiger partial charge in [-0.1, -0.05) is 56.7 Å². The van der Waals surface area contributed by atoms with Gasteiger partial charge in [0.2, 0.25) is 0 Å². The van der Waals surface area contributed by atoms with Crippen LogP contribution in [0.5, 0.6) is 0 Å². The number of aromatic nitrogens is 1. The molecule has 2 aromatic carbocycles. The van der Waals surface area contributed by atoms with Gasteiger partial charge in [-0.2, -0.15) is 0 Å². The number of anilines is 1.